The molecular formula is C20H22N2O. The topological polar surface area (TPSA) is 45.8 Å². The fourth-order valence-electron chi connectivity index (χ4n) is 3.93. The predicted octanol–water partition coefficient (Wildman–Crippen LogP) is 4.82. The highest BCUT2D eigenvalue weighted by Gasteiger charge is 2.34. The molecular weight excluding hydrogens is 284 g/mol. The standard InChI is InChI=1S/C20H22N2O/c1-4-7-14-17-12-8-5-6-9-13(12)22-19(17)18-15(21-14)10-20(2,3)11-16(18)23/h5-6,8-9,22H,4,7,10-11H2,1-3H3. The van der Waals surface area contributed by atoms with Crippen molar-refractivity contribution in [2.24, 2.45) is 5.41 Å². The molecule has 0 radical (unpaired) electrons. The number of aromatic nitrogens is 2. The lowest BCUT2D eigenvalue weighted by atomic mass is 9.75. The molecule has 23 heavy (non-hydrogen) atoms. The molecule has 0 saturated carbocycles. The number of aromatic amines is 1. The minimum absolute atomic E-state index is 0.000258. The number of pyridine rings is 1. The smallest absolute Gasteiger partial charge is 0.167 e. The molecule has 0 spiro atoms. The van der Waals surface area contributed by atoms with Gasteiger partial charge in [0.2, 0.25) is 0 Å². The molecule has 1 aromatic carbocycles. The number of carbonyl (C=O) groups excluding carboxylic acids is 1. The van der Waals surface area contributed by atoms with Crippen LogP contribution in [0.15, 0.2) is 24.3 Å². The molecule has 1 aliphatic rings. The number of para-hydroxylation sites is 1. The van der Waals surface area contributed by atoms with Crippen LogP contribution in [0.4, 0.5) is 0 Å². The summed E-state index contributed by atoms with van der Waals surface area (Å²) in [5.41, 5.74) is 5.03. The lowest BCUT2D eigenvalue weighted by molar-refractivity contribution is 0.0912. The van der Waals surface area contributed by atoms with Crippen LogP contribution in [0.3, 0.4) is 0 Å². The average molecular weight is 306 g/mol. The van der Waals surface area contributed by atoms with Gasteiger partial charge in [-0.1, -0.05) is 45.4 Å². The molecule has 0 aliphatic heterocycles. The fourth-order valence-corrected chi connectivity index (χ4v) is 3.93. The maximum atomic E-state index is 12.8. The van der Waals surface area contributed by atoms with Crippen LogP contribution >= 0.6 is 0 Å². The summed E-state index contributed by atoms with van der Waals surface area (Å²) < 4.78 is 0. The number of rotatable bonds is 2. The summed E-state index contributed by atoms with van der Waals surface area (Å²) in [5.74, 6) is 0.225. The summed E-state index contributed by atoms with van der Waals surface area (Å²) in [4.78, 5) is 21.3. The zero-order valence-electron chi connectivity index (χ0n) is 14.0. The quantitative estimate of drug-likeness (QED) is 0.737. The van der Waals surface area contributed by atoms with E-state index < -0.39 is 0 Å². The van der Waals surface area contributed by atoms with Gasteiger partial charge in [0.25, 0.3) is 0 Å². The van der Waals surface area contributed by atoms with E-state index in [9.17, 15) is 4.79 Å². The minimum atomic E-state index is 0.000258. The van der Waals surface area contributed by atoms with E-state index in [0.717, 1.165) is 52.6 Å². The van der Waals surface area contributed by atoms with Crippen molar-refractivity contribution in [3.05, 3.63) is 41.2 Å². The zero-order valence-corrected chi connectivity index (χ0v) is 14.0. The van der Waals surface area contributed by atoms with Gasteiger partial charge in [0.05, 0.1) is 22.5 Å². The first kappa shape index (κ1) is 14.4. The van der Waals surface area contributed by atoms with Crippen molar-refractivity contribution < 1.29 is 4.79 Å². The maximum Gasteiger partial charge on any atom is 0.167 e. The van der Waals surface area contributed by atoms with Crippen LogP contribution < -0.4 is 0 Å². The molecule has 1 N–H and O–H groups in total. The number of H-pyrrole nitrogens is 1. The highest BCUT2D eigenvalue weighted by atomic mass is 16.1. The summed E-state index contributed by atoms with van der Waals surface area (Å²) in [7, 11) is 0. The van der Waals surface area contributed by atoms with Gasteiger partial charge >= 0.3 is 0 Å². The summed E-state index contributed by atoms with van der Waals surface area (Å²) in [6, 6.07) is 8.28. The number of ketones is 1. The Bertz CT molecular complexity index is 934. The van der Waals surface area contributed by atoms with Crippen LogP contribution in [0.5, 0.6) is 0 Å². The van der Waals surface area contributed by atoms with Crippen molar-refractivity contribution in [1.82, 2.24) is 9.97 Å². The van der Waals surface area contributed by atoms with Gasteiger partial charge in [-0.2, -0.15) is 0 Å². The molecule has 3 aromatic rings. The molecule has 0 amide bonds. The fraction of sp³-hybridized carbons (Fsp3) is 0.400. The molecule has 2 aromatic heterocycles. The lowest BCUT2D eigenvalue weighted by Gasteiger charge is -2.30. The molecule has 0 unspecified atom stereocenters. The van der Waals surface area contributed by atoms with Crippen molar-refractivity contribution in [2.75, 3.05) is 0 Å². The molecule has 0 saturated heterocycles. The molecule has 0 bridgehead atoms. The highest BCUT2D eigenvalue weighted by Crippen LogP contribution is 2.39. The second-order valence-corrected chi connectivity index (χ2v) is 7.49. The summed E-state index contributed by atoms with van der Waals surface area (Å²) in [6.45, 7) is 6.49. The Morgan fingerprint density at radius 2 is 2.00 bits per heavy atom. The van der Waals surface area contributed by atoms with E-state index in [0.29, 0.717) is 6.42 Å². The Morgan fingerprint density at radius 3 is 2.78 bits per heavy atom. The van der Waals surface area contributed by atoms with Gasteiger partial charge in [-0.15, -0.1) is 0 Å². The van der Waals surface area contributed by atoms with E-state index in [-0.39, 0.29) is 11.2 Å². The van der Waals surface area contributed by atoms with E-state index in [1.165, 1.54) is 5.39 Å². The summed E-state index contributed by atoms with van der Waals surface area (Å²) in [6.07, 6.45) is 3.47. The molecule has 1 aliphatic carbocycles. The van der Waals surface area contributed by atoms with Crippen molar-refractivity contribution >= 4 is 27.6 Å². The maximum absolute atomic E-state index is 12.8. The third kappa shape index (κ3) is 2.18. The van der Waals surface area contributed by atoms with Gasteiger partial charge in [0.15, 0.2) is 5.78 Å². The number of aryl methyl sites for hydroxylation is 1. The average Bonchev–Trinajstić information content (AvgIpc) is 2.84. The van der Waals surface area contributed by atoms with Crippen molar-refractivity contribution in [1.29, 1.82) is 0 Å². The number of carbonyl (C=O) groups is 1. The molecule has 0 fully saturated rings. The van der Waals surface area contributed by atoms with Crippen LogP contribution in [-0.2, 0) is 12.8 Å². The molecule has 3 nitrogen and oxygen atoms in total. The first-order valence-corrected chi connectivity index (χ1v) is 8.45. The van der Waals surface area contributed by atoms with E-state index >= 15 is 0 Å². The summed E-state index contributed by atoms with van der Waals surface area (Å²) in [5, 5.41) is 2.33. The van der Waals surface area contributed by atoms with Crippen molar-refractivity contribution in [2.45, 2.75) is 46.5 Å². The Balaban J connectivity index is 2.12. The first-order chi connectivity index (χ1) is 11.0. The van der Waals surface area contributed by atoms with Gasteiger partial charge in [-0.25, -0.2) is 0 Å². The molecule has 118 valence electrons. The first-order valence-electron chi connectivity index (χ1n) is 8.45. The van der Waals surface area contributed by atoms with Gasteiger partial charge < -0.3 is 4.98 Å². The van der Waals surface area contributed by atoms with Crippen LogP contribution in [-0.4, -0.2) is 15.8 Å². The zero-order chi connectivity index (χ0) is 16.2. The Labute approximate surface area is 136 Å². The number of nitrogens with one attached hydrogen (secondary N) is 1. The van der Waals surface area contributed by atoms with E-state index in [4.69, 9.17) is 4.98 Å². The second kappa shape index (κ2) is 4.92. The molecule has 4 rings (SSSR count). The number of Topliss-reactive ketones (excluding diaryl/α,β-unsaturated/α-hetero) is 1. The number of benzene rings is 1. The van der Waals surface area contributed by atoms with Crippen LogP contribution in [0.25, 0.3) is 21.8 Å². The van der Waals surface area contributed by atoms with Crippen LogP contribution in [0, 0.1) is 5.41 Å². The van der Waals surface area contributed by atoms with E-state index in [1.54, 1.807) is 0 Å². The predicted molar refractivity (Wildman–Crippen MR) is 94.0 cm³/mol. The third-order valence-corrected chi connectivity index (χ3v) is 4.85. The van der Waals surface area contributed by atoms with Crippen LogP contribution in [0.2, 0.25) is 0 Å². The Morgan fingerprint density at radius 1 is 1.22 bits per heavy atom. The third-order valence-electron chi connectivity index (χ3n) is 4.85. The van der Waals surface area contributed by atoms with Gasteiger partial charge in [-0.05, 0) is 24.3 Å². The number of hydrogen-bond donors (Lipinski definition) is 1. The second-order valence-electron chi connectivity index (χ2n) is 7.49. The minimum Gasteiger partial charge on any atom is -0.354 e. The highest BCUT2D eigenvalue weighted by molar-refractivity contribution is 6.17. The lowest BCUT2D eigenvalue weighted by Crippen LogP contribution is -2.28. The monoisotopic (exact) mass is 306 g/mol. The number of fused-ring (bicyclic) bond motifs is 5. The molecule has 2 heterocycles. The van der Waals surface area contributed by atoms with Gasteiger partial charge in [0, 0.05) is 22.7 Å². The van der Waals surface area contributed by atoms with Gasteiger partial charge in [-0.3, -0.25) is 9.78 Å². The van der Waals surface area contributed by atoms with Crippen LogP contribution in [0.1, 0.15) is 55.4 Å². The number of hydrogen-bond acceptors (Lipinski definition) is 2. The van der Waals surface area contributed by atoms with Gasteiger partial charge in [0.1, 0.15) is 0 Å². The Kier molecular flexibility index (Phi) is 3.09. The van der Waals surface area contributed by atoms with E-state index in [1.807, 2.05) is 6.07 Å². The summed E-state index contributed by atoms with van der Waals surface area (Å²) >= 11 is 0. The molecule has 3 heteroatoms. The van der Waals surface area contributed by atoms with Crippen molar-refractivity contribution in [3.63, 3.8) is 0 Å². The largest absolute Gasteiger partial charge is 0.354 e. The van der Waals surface area contributed by atoms with Crippen molar-refractivity contribution in [3.8, 4) is 0 Å². The normalized spacial score (nSPS) is 16.9. The number of nitrogens with zero attached hydrogens (tertiary/aromatic N) is 1. The SMILES string of the molecule is CCCc1nc2c(c3[nH]c4ccccc4c13)C(=O)CC(C)(C)C2. The Hall–Kier alpha value is -2.16. The molecule has 0 atom stereocenters. The van der Waals surface area contributed by atoms with E-state index in [2.05, 4.69) is 44.0 Å².